The van der Waals surface area contributed by atoms with E-state index in [2.05, 4.69) is 5.32 Å². The van der Waals surface area contributed by atoms with Crippen molar-refractivity contribution in [2.24, 2.45) is 5.92 Å². The van der Waals surface area contributed by atoms with Crippen molar-refractivity contribution in [2.45, 2.75) is 39.2 Å². The Labute approximate surface area is 124 Å². The molecule has 0 aromatic carbocycles. The average Bonchev–Trinajstić information content (AvgIpc) is 2.91. The first-order valence-corrected chi connectivity index (χ1v) is 8.04. The molecule has 1 unspecified atom stereocenters. The van der Waals surface area contributed by atoms with Crippen LogP contribution in [-0.4, -0.2) is 35.8 Å². The third-order valence-electron chi connectivity index (χ3n) is 3.48. The monoisotopic (exact) mass is 294 g/mol. The Hall–Kier alpha value is -1.36. The number of piperidine rings is 1. The van der Waals surface area contributed by atoms with Crippen molar-refractivity contribution >= 4 is 23.2 Å². The SMILES string of the molecule is CC(C)NC(=O)C1CCCN(C(=O)Cc2cccs2)C1. The number of hydrogen-bond donors (Lipinski definition) is 1. The highest BCUT2D eigenvalue weighted by molar-refractivity contribution is 7.10. The zero-order valence-electron chi connectivity index (χ0n) is 12.1. The van der Waals surface area contributed by atoms with Gasteiger partial charge in [0.25, 0.3) is 0 Å². The van der Waals surface area contributed by atoms with Gasteiger partial charge in [-0.1, -0.05) is 6.07 Å². The molecule has 1 aromatic heterocycles. The number of nitrogens with zero attached hydrogens (tertiary/aromatic N) is 1. The van der Waals surface area contributed by atoms with E-state index in [0.717, 1.165) is 24.3 Å². The molecule has 5 heteroatoms. The molecule has 2 rings (SSSR count). The molecule has 2 heterocycles. The molecule has 4 nitrogen and oxygen atoms in total. The van der Waals surface area contributed by atoms with Crippen LogP contribution in [0.15, 0.2) is 17.5 Å². The smallest absolute Gasteiger partial charge is 0.227 e. The summed E-state index contributed by atoms with van der Waals surface area (Å²) in [7, 11) is 0. The average molecular weight is 294 g/mol. The summed E-state index contributed by atoms with van der Waals surface area (Å²) in [6, 6.07) is 4.09. The van der Waals surface area contributed by atoms with E-state index in [9.17, 15) is 9.59 Å². The Bertz CT molecular complexity index is 456. The molecule has 0 saturated carbocycles. The molecule has 1 aromatic rings. The summed E-state index contributed by atoms with van der Waals surface area (Å²) in [4.78, 5) is 27.2. The van der Waals surface area contributed by atoms with Gasteiger partial charge < -0.3 is 10.2 Å². The molecule has 110 valence electrons. The van der Waals surface area contributed by atoms with Gasteiger partial charge in [-0.25, -0.2) is 0 Å². The standard InChI is InChI=1S/C15H22N2O2S/c1-11(2)16-15(19)12-5-3-7-17(10-12)14(18)9-13-6-4-8-20-13/h4,6,8,11-12H,3,5,7,9-10H2,1-2H3,(H,16,19). The number of hydrogen-bond acceptors (Lipinski definition) is 3. The third kappa shape index (κ3) is 4.07. The summed E-state index contributed by atoms with van der Waals surface area (Å²) < 4.78 is 0. The molecule has 20 heavy (non-hydrogen) atoms. The summed E-state index contributed by atoms with van der Waals surface area (Å²) in [6.45, 7) is 5.25. The maximum absolute atomic E-state index is 12.3. The van der Waals surface area contributed by atoms with Crippen LogP contribution in [0.25, 0.3) is 0 Å². The number of rotatable bonds is 4. The molecular formula is C15H22N2O2S. The van der Waals surface area contributed by atoms with Gasteiger partial charge in [0.05, 0.1) is 12.3 Å². The van der Waals surface area contributed by atoms with Gasteiger partial charge in [-0.3, -0.25) is 9.59 Å². The fourth-order valence-corrected chi connectivity index (χ4v) is 3.19. The van der Waals surface area contributed by atoms with Crippen LogP contribution in [0.2, 0.25) is 0 Å². The van der Waals surface area contributed by atoms with E-state index in [4.69, 9.17) is 0 Å². The van der Waals surface area contributed by atoms with Crippen LogP contribution in [0.1, 0.15) is 31.6 Å². The molecule has 0 aliphatic carbocycles. The zero-order valence-corrected chi connectivity index (χ0v) is 12.9. The molecular weight excluding hydrogens is 272 g/mol. The van der Waals surface area contributed by atoms with Gasteiger partial charge in [0.15, 0.2) is 0 Å². The zero-order chi connectivity index (χ0) is 14.5. The highest BCUT2D eigenvalue weighted by atomic mass is 32.1. The Morgan fingerprint density at radius 2 is 2.30 bits per heavy atom. The van der Waals surface area contributed by atoms with E-state index in [-0.39, 0.29) is 23.8 Å². The number of carbonyl (C=O) groups is 2. The van der Waals surface area contributed by atoms with E-state index < -0.39 is 0 Å². The summed E-state index contributed by atoms with van der Waals surface area (Å²) in [5, 5.41) is 4.93. The highest BCUT2D eigenvalue weighted by Crippen LogP contribution is 2.19. The normalized spacial score (nSPS) is 19.1. The fraction of sp³-hybridized carbons (Fsp3) is 0.600. The summed E-state index contributed by atoms with van der Waals surface area (Å²) >= 11 is 1.60. The lowest BCUT2D eigenvalue weighted by atomic mass is 9.96. The molecule has 1 N–H and O–H groups in total. The number of carbonyl (C=O) groups excluding carboxylic acids is 2. The van der Waals surface area contributed by atoms with E-state index >= 15 is 0 Å². The summed E-state index contributed by atoms with van der Waals surface area (Å²) in [5.41, 5.74) is 0. The van der Waals surface area contributed by atoms with Crippen LogP contribution in [0, 0.1) is 5.92 Å². The minimum atomic E-state index is -0.0570. The van der Waals surface area contributed by atoms with Gasteiger partial charge in [-0.2, -0.15) is 0 Å². The molecule has 1 fully saturated rings. The van der Waals surface area contributed by atoms with Crippen LogP contribution in [0.3, 0.4) is 0 Å². The molecule has 0 bridgehead atoms. The summed E-state index contributed by atoms with van der Waals surface area (Å²) in [6.07, 6.45) is 2.24. The van der Waals surface area contributed by atoms with E-state index in [1.165, 1.54) is 0 Å². The molecule has 1 aliphatic rings. The van der Waals surface area contributed by atoms with Crippen molar-refractivity contribution in [3.63, 3.8) is 0 Å². The number of thiophene rings is 1. The number of nitrogens with one attached hydrogen (secondary N) is 1. The van der Waals surface area contributed by atoms with Gasteiger partial charge in [-0.05, 0) is 38.1 Å². The lowest BCUT2D eigenvalue weighted by Gasteiger charge is -2.32. The van der Waals surface area contributed by atoms with Crippen LogP contribution >= 0.6 is 11.3 Å². The van der Waals surface area contributed by atoms with Crippen LogP contribution in [-0.2, 0) is 16.0 Å². The van der Waals surface area contributed by atoms with Gasteiger partial charge in [0.2, 0.25) is 11.8 Å². The van der Waals surface area contributed by atoms with Crippen LogP contribution < -0.4 is 5.32 Å². The second-order valence-corrected chi connectivity index (χ2v) is 6.63. The van der Waals surface area contributed by atoms with Crippen molar-refractivity contribution in [1.82, 2.24) is 10.2 Å². The quantitative estimate of drug-likeness (QED) is 0.924. The lowest BCUT2D eigenvalue weighted by Crippen LogP contribution is -2.47. The lowest BCUT2D eigenvalue weighted by molar-refractivity contribution is -0.135. The van der Waals surface area contributed by atoms with Crippen LogP contribution in [0.4, 0.5) is 0 Å². The van der Waals surface area contributed by atoms with Crippen molar-refractivity contribution in [2.75, 3.05) is 13.1 Å². The second-order valence-electron chi connectivity index (χ2n) is 5.60. The molecule has 0 spiro atoms. The topological polar surface area (TPSA) is 49.4 Å². The van der Waals surface area contributed by atoms with Crippen molar-refractivity contribution in [3.8, 4) is 0 Å². The predicted molar refractivity (Wildman–Crippen MR) is 80.6 cm³/mol. The van der Waals surface area contributed by atoms with Crippen molar-refractivity contribution in [1.29, 1.82) is 0 Å². The number of likely N-dealkylation sites (tertiary alicyclic amines) is 1. The minimum absolute atomic E-state index is 0.0570. The molecule has 1 aliphatic heterocycles. The Morgan fingerprint density at radius 1 is 1.50 bits per heavy atom. The maximum Gasteiger partial charge on any atom is 0.227 e. The van der Waals surface area contributed by atoms with Gasteiger partial charge >= 0.3 is 0 Å². The van der Waals surface area contributed by atoms with E-state index in [1.807, 2.05) is 36.3 Å². The van der Waals surface area contributed by atoms with E-state index in [0.29, 0.717) is 13.0 Å². The van der Waals surface area contributed by atoms with E-state index in [1.54, 1.807) is 11.3 Å². The Morgan fingerprint density at radius 3 is 2.95 bits per heavy atom. The largest absolute Gasteiger partial charge is 0.354 e. The van der Waals surface area contributed by atoms with Crippen molar-refractivity contribution in [3.05, 3.63) is 22.4 Å². The third-order valence-corrected chi connectivity index (χ3v) is 4.36. The molecule has 1 atom stereocenters. The second kappa shape index (κ2) is 6.88. The molecule has 0 radical (unpaired) electrons. The molecule has 1 saturated heterocycles. The van der Waals surface area contributed by atoms with Gasteiger partial charge in [0.1, 0.15) is 0 Å². The maximum atomic E-state index is 12.3. The van der Waals surface area contributed by atoms with Crippen LogP contribution in [0.5, 0.6) is 0 Å². The fourth-order valence-electron chi connectivity index (χ4n) is 2.49. The first-order chi connectivity index (χ1) is 9.56. The molecule has 2 amide bonds. The minimum Gasteiger partial charge on any atom is -0.354 e. The van der Waals surface area contributed by atoms with Crippen molar-refractivity contribution < 1.29 is 9.59 Å². The highest BCUT2D eigenvalue weighted by Gasteiger charge is 2.28. The summed E-state index contributed by atoms with van der Waals surface area (Å²) in [5.74, 6) is 0.154. The first-order valence-electron chi connectivity index (χ1n) is 7.17. The predicted octanol–water partition coefficient (Wildman–Crippen LogP) is 2.05. The Kier molecular flexibility index (Phi) is 5.17. The first kappa shape index (κ1) is 15.0. The number of amides is 2. The van der Waals surface area contributed by atoms with Gasteiger partial charge in [0, 0.05) is 24.0 Å². The Balaban J connectivity index is 1.89. The van der Waals surface area contributed by atoms with Gasteiger partial charge in [-0.15, -0.1) is 11.3 Å².